The number of nitrogens with zero attached hydrogens (tertiary/aromatic N) is 3. The van der Waals surface area contributed by atoms with E-state index in [4.69, 9.17) is 16.3 Å². The Balaban J connectivity index is 1.60. The van der Waals surface area contributed by atoms with Crippen LogP contribution >= 0.6 is 22.9 Å². The number of thiazole rings is 1. The third-order valence-electron chi connectivity index (χ3n) is 4.51. The van der Waals surface area contributed by atoms with Gasteiger partial charge in [-0.15, -0.1) is 11.3 Å². The van der Waals surface area contributed by atoms with Crippen molar-refractivity contribution in [2.75, 3.05) is 6.61 Å². The number of imidazole rings is 1. The van der Waals surface area contributed by atoms with Gasteiger partial charge in [0.15, 0.2) is 4.47 Å². The Hall–Kier alpha value is -3.23. The van der Waals surface area contributed by atoms with Crippen molar-refractivity contribution in [2.45, 2.75) is 13.0 Å². The second-order valence-corrected chi connectivity index (χ2v) is 8.15. The highest BCUT2D eigenvalue weighted by Gasteiger charge is 2.31. The Morgan fingerprint density at radius 1 is 1.17 bits per heavy atom. The van der Waals surface area contributed by atoms with Gasteiger partial charge in [0.1, 0.15) is 12.4 Å². The van der Waals surface area contributed by atoms with Crippen LogP contribution in [0.15, 0.2) is 60.9 Å². The third kappa shape index (κ3) is 4.05. The normalized spacial score (nSPS) is 11.0. The van der Waals surface area contributed by atoms with E-state index in [0.29, 0.717) is 16.5 Å². The van der Waals surface area contributed by atoms with Crippen LogP contribution in [-0.2, 0) is 22.5 Å². The molecule has 0 atom stereocenters. The molecule has 3 aromatic heterocycles. The van der Waals surface area contributed by atoms with Crippen LogP contribution in [0.3, 0.4) is 0 Å². The maximum Gasteiger partial charge on any atom is 0.383 e. The van der Waals surface area contributed by atoms with Crippen LogP contribution in [0.5, 0.6) is 5.88 Å². The largest absolute Gasteiger partial charge is 0.839 e. The average molecular weight is 442 g/mol. The van der Waals surface area contributed by atoms with Crippen LogP contribution in [0.2, 0.25) is 4.47 Å². The van der Waals surface area contributed by atoms with Crippen molar-refractivity contribution in [1.29, 1.82) is 0 Å². The summed E-state index contributed by atoms with van der Waals surface area (Å²) in [6, 6.07) is 14.6. The predicted octanol–water partition coefficient (Wildman–Crippen LogP) is 2.43. The van der Waals surface area contributed by atoms with E-state index in [0.717, 1.165) is 10.4 Å². The second kappa shape index (κ2) is 8.64. The van der Waals surface area contributed by atoms with Crippen molar-refractivity contribution in [2.24, 2.45) is 0 Å². The average Bonchev–Trinajstić information content (AvgIpc) is 3.29. The summed E-state index contributed by atoms with van der Waals surface area (Å²) in [4.78, 5) is 30.0. The van der Waals surface area contributed by atoms with E-state index in [-0.39, 0.29) is 18.8 Å². The fourth-order valence-electron chi connectivity index (χ4n) is 3.13. The van der Waals surface area contributed by atoms with Gasteiger partial charge in [0.05, 0.1) is 17.7 Å². The van der Waals surface area contributed by atoms with Gasteiger partial charge in [-0.2, -0.15) is 0 Å². The summed E-state index contributed by atoms with van der Waals surface area (Å²) in [6.07, 6.45) is 3.59. The molecule has 9 heteroatoms. The lowest BCUT2D eigenvalue weighted by atomic mass is 10.2. The first kappa shape index (κ1) is 20.1. The molecule has 1 aromatic carbocycles. The van der Waals surface area contributed by atoms with E-state index in [9.17, 15) is 14.7 Å². The first-order chi connectivity index (χ1) is 14.5. The first-order valence-electron chi connectivity index (χ1n) is 9.10. The highest BCUT2D eigenvalue weighted by Crippen LogP contribution is 2.23. The molecular weight excluding hydrogens is 426 g/mol. The minimum Gasteiger partial charge on any atom is -0.839 e. The van der Waals surface area contributed by atoms with Gasteiger partial charge in [0.2, 0.25) is 5.69 Å². The highest BCUT2D eigenvalue weighted by molar-refractivity contribution is 7.15. The van der Waals surface area contributed by atoms with Crippen molar-refractivity contribution in [3.05, 3.63) is 81.5 Å². The van der Waals surface area contributed by atoms with E-state index in [1.165, 1.54) is 20.3 Å². The Labute approximate surface area is 180 Å². The van der Waals surface area contributed by atoms with Crippen molar-refractivity contribution < 1.29 is 23.8 Å². The number of fused-ring (bicyclic) bond motifs is 1. The molecule has 0 aliphatic rings. The molecule has 0 fully saturated rings. The Bertz CT molecular complexity index is 1220. The first-order valence-corrected chi connectivity index (χ1v) is 10.3. The van der Waals surface area contributed by atoms with Gasteiger partial charge >= 0.3 is 11.8 Å². The van der Waals surface area contributed by atoms with Crippen LogP contribution in [0.4, 0.5) is 0 Å². The van der Waals surface area contributed by atoms with Crippen molar-refractivity contribution in [1.82, 2.24) is 9.55 Å². The van der Waals surface area contributed by atoms with Crippen LogP contribution in [0, 0.1) is 0 Å². The number of aromatic nitrogens is 3. The molecule has 7 nitrogen and oxygen atoms in total. The number of pyridine rings is 1. The zero-order valence-corrected chi connectivity index (χ0v) is 17.2. The van der Waals surface area contributed by atoms with E-state index in [1.54, 1.807) is 30.6 Å². The molecule has 0 bridgehead atoms. The molecule has 0 radical (unpaired) electrons. The lowest BCUT2D eigenvalue weighted by Crippen LogP contribution is -2.26. The molecule has 4 rings (SSSR count). The number of hydrogen-bond acceptors (Lipinski definition) is 6. The van der Waals surface area contributed by atoms with Crippen molar-refractivity contribution in [3.63, 3.8) is 0 Å². The van der Waals surface area contributed by atoms with E-state index < -0.39 is 17.6 Å². The minimum atomic E-state index is -1.06. The topological polar surface area (TPSA) is 88.4 Å². The maximum absolute atomic E-state index is 12.9. The van der Waals surface area contributed by atoms with Gasteiger partial charge in [-0.05, 0) is 11.6 Å². The smallest absolute Gasteiger partial charge is 0.383 e. The number of ketones is 1. The summed E-state index contributed by atoms with van der Waals surface area (Å²) >= 11 is 7.14. The maximum atomic E-state index is 12.9. The zero-order valence-electron chi connectivity index (χ0n) is 15.7. The Kier molecular flexibility index (Phi) is 5.78. The number of halogens is 1. The van der Waals surface area contributed by atoms with Crippen LogP contribution in [0.1, 0.15) is 20.9 Å². The van der Waals surface area contributed by atoms with E-state index >= 15 is 0 Å². The SMILES string of the molecule is O=C(OCCc1ccccc1)C(=O)c1c([O-])[n+]2ccccc2n1Cc1cnc(Cl)s1. The van der Waals surface area contributed by atoms with E-state index in [1.807, 2.05) is 30.3 Å². The van der Waals surface area contributed by atoms with Crippen molar-refractivity contribution >= 4 is 40.3 Å². The number of Topliss-reactive ketones (excluding diaryl/α,β-unsaturated/α-hetero) is 1. The molecule has 3 heterocycles. The van der Waals surface area contributed by atoms with Gasteiger partial charge in [-0.25, -0.2) is 18.7 Å². The van der Waals surface area contributed by atoms with Gasteiger partial charge in [0.25, 0.3) is 5.65 Å². The summed E-state index contributed by atoms with van der Waals surface area (Å²) in [7, 11) is 0. The Morgan fingerprint density at radius 3 is 2.67 bits per heavy atom. The number of hydrogen-bond donors (Lipinski definition) is 0. The van der Waals surface area contributed by atoms with Crippen LogP contribution in [-0.4, -0.2) is 27.9 Å². The number of esters is 1. The fraction of sp³-hybridized carbons (Fsp3) is 0.143. The lowest BCUT2D eigenvalue weighted by Gasteiger charge is -2.06. The zero-order chi connectivity index (χ0) is 21.1. The quantitative estimate of drug-likeness (QED) is 0.190. The van der Waals surface area contributed by atoms with Crippen LogP contribution in [0.25, 0.3) is 5.65 Å². The standard InChI is InChI=1S/C21H16ClN3O4S/c22-21-23-12-15(30-21)13-25-16-8-4-5-10-24(16)19(27)17(25)18(26)20(28)29-11-9-14-6-2-1-3-7-14/h1-8,10,12H,9,11,13H2. The highest BCUT2D eigenvalue weighted by atomic mass is 35.5. The molecule has 152 valence electrons. The molecule has 0 spiro atoms. The summed E-state index contributed by atoms with van der Waals surface area (Å²) in [5.74, 6) is -2.62. The lowest BCUT2D eigenvalue weighted by molar-refractivity contribution is -0.582. The summed E-state index contributed by atoms with van der Waals surface area (Å²) in [5.41, 5.74) is 1.21. The molecular formula is C21H16ClN3O4S. The van der Waals surface area contributed by atoms with Gasteiger partial charge in [-0.1, -0.05) is 48.0 Å². The molecule has 0 amide bonds. The summed E-state index contributed by atoms with van der Waals surface area (Å²) < 4.78 is 8.31. The van der Waals surface area contributed by atoms with Gasteiger partial charge in [-0.3, -0.25) is 4.79 Å². The summed E-state index contributed by atoms with van der Waals surface area (Å²) in [5, 5.41) is 12.9. The number of rotatable bonds is 7. The van der Waals surface area contributed by atoms with Gasteiger partial charge < -0.3 is 9.84 Å². The molecule has 4 aromatic rings. The molecule has 30 heavy (non-hydrogen) atoms. The van der Waals surface area contributed by atoms with Crippen molar-refractivity contribution in [3.8, 4) is 5.88 Å². The van der Waals surface area contributed by atoms with Gasteiger partial charge in [0, 0.05) is 18.7 Å². The molecule has 0 saturated heterocycles. The Morgan fingerprint density at radius 2 is 1.93 bits per heavy atom. The molecule has 0 aliphatic heterocycles. The number of benzene rings is 1. The minimum absolute atomic E-state index is 0.0423. The second-order valence-electron chi connectivity index (χ2n) is 6.45. The molecule has 0 unspecified atom stereocenters. The number of carbonyl (C=O) groups is 2. The molecule has 0 N–H and O–H groups in total. The van der Waals surface area contributed by atoms with E-state index in [2.05, 4.69) is 4.98 Å². The monoisotopic (exact) mass is 441 g/mol. The molecule has 0 aliphatic carbocycles. The number of ether oxygens (including phenoxy) is 1. The summed E-state index contributed by atoms with van der Waals surface area (Å²) in [6.45, 7) is 0.221. The van der Waals surface area contributed by atoms with Crippen LogP contribution < -0.4 is 9.51 Å². The number of carbonyl (C=O) groups excluding carboxylic acids is 2. The molecule has 0 saturated carbocycles. The predicted molar refractivity (Wildman–Crippen MR) is 109 cm³/mol. The third-order valence-corrected chi connectivity index (χ3v) is 5.61. The fourth-order valence-corrected chi connectivity index (χ4v) is 4.10.